The number of esters is 4. The fourth-order valence-electron chi connectivity index (χ4n) is 9.51. The first-order valence-electron chi connectivity index (χ1n) is 40.0. The molecule has 0 saturated carbocycles. The van der Waals surface area contributed by atoms with E-state index in [1.807, 2.05) is 24.3 Å². The van der Waals surface area contributed by atoms with Crippen LogP contribution in [0.15, 0.2) is 219 Å². The summed E-state index contributed by atoms with van der Waals surface area (Å²) in [6, 6.07) is 0. The zero-order valence-corrected chi connectivity index (χ0v) is 68.0. The molecule has 0 bridgehead atoms. The summed E-state index contributed by atoms with van der Waals surface area (Å²) in [4.78, 5) is 73.1. The SMILES string of the molecule is CC/C=C\C/C=C\C/C=C\C/C=C\C/C=C\CCCCCC(=O)OCC(COP(=O)(O)OCC(O)COP(=O)(O)OCC(COC(=O)CCC/C=C\C/C=C\C/C=C\C/C=C\C/C=C\CC)OC(=O)CCC/C=C\C/C=C\C/C=C\C/C=C\C/C=C\CC)OC(=O)CCCCCCC/C=C\C/C=C\C/C=C\CC. The highest BCUT2D eigenvalue weighted by atomic mass is 31.2. The van der Waals surface area contributed by atoms with Gasteiger partial charge in [0.05, 0.1) is 26.4 Å². The van der Waals surface area contributed by atoms with Crippen molar-refractivity contribution in [1.29, 1.82) is 0 Å². The molecule has 0 amide bonds. The Hall–Kier alpha value is -6.62. The van der Waals surface area contributed by atoms with Gasteiger partial charge >= 0.3 is 39.5 Å². The molecule has 0 aliphatic heterocycles. The highest BCUT2D eigenvalue weighted by molar-refractivity contribution is 7.47. The molecule has 19 heteroatoms. The Morgan fingerprint density at radius 3 is 0.750 bits per heavy atom. The summed E-state index contributed by atoms with van der Waals surface area (Å²) in [6.45, 7) is 4.19. The summed E-state index contributed by atoms with van der Waals surface area (Å²) in [5.74, 6) is -2.40. The summed E-state index contributed by atoms with van der Waals surface area (Å²) in [5, 5.41) is 10.6. The molecular weight excluding hydrogens is 1400 g/mol. The van der Waals surface area contributed by atoms with Gasteiger partial charge < -0.3 is 33.8 Å². The van der Waals surface area contributed by atoms with Crippen molar-refractivity contribution in [2.75, 3.05) is 39.6 Å². The number of aliphatic hydroxyl groups excluding tert-OH is 1. The van der Waals surface area contributed by atoms with E-state index in [1.54, 1.807) is 0 Å². The number of unbranched alkanes of at least 4 members (excludes halogenated alkanes) is 10. The third-order valence-corrected chi connectivity index (χ3v) is 17.3. The molecule has 17 nitrogen and oxygen atoms in total. The number of phosphoric acid groups is 2. The van der Waals surface area contributed by atoms with E-state index < -0.39 is 97.5 Å². The number of hydrogen-bond acceptors (Lipinski definition) is 15. The number of carbonyl (C=O) groups excluding carboxylic acids is 4. The minimum absolute atomic E-state index is 0.00643. The number of rotatable bonds is 72. The van der Waals surface area contributed by atoms with Gasteiger partial charge in [0.15, 0.2) is 12.2 Å². The second-order valence-corrected chi connectivity index (χ2v) is 28.4. The lowest BCUT2D eigenvalue weighted by Crippen LogP contribution is -2.30. The van der Waals surface area contributed by atoms with Crippen LogP contribution in [0.3, 0.4) is 0 Å². The average molecular weight is 1540 g/mol. The van der Waals surface area contributed by atoms with Crippen molar-refractivity contribution in [3.05, 3.63) is 219 Å². The van der Waals surface area contributed by atoms with Crippen LogP contribution in [0, 0.1) is 0 Å². The van der Waals surface area contributed by atoms with E-state index in [0.29, 0.717) is 38.5 Å². The molecule has 0 spiro atoms. The molecule has 0 aromatic rings. The summed E-state index contributed by atoms with van der Waals surface area (Å²) in [5.41, 5.74) is 0. The van der Waals surface area contributed by atoms with Crippen molar-refractivity contribution in [2.45, 2.75) is 277 Å². The van der Waals surface area contributed by atoms with Gasteiger partial charge in [-0.15, -0.1) is 0 Å². The van der Waals surface area contributed by atoms with E-state index in [4.69, 9.17) is 37.0 Å². The largest absolute Gasteiger partial charge is 0.472 e. The van der Waals surface area contributed by atoms with Crippen molar-refractivity contribution in [3.8, 4) is 0 Å². The normalized spacial score (nSPS) is 15.0. The third-order valence-electron chi connectivity index (χ3n) is 15.4. The molecule has 0 radical (unpaired) electrons. The molecule has 606 valence electrons. The summed E-state index contributed by atoms with van der Waals surface area (Å²) in [7, 11) is -10.0. The number of ether oxygens (including phenoxy) is 4. The number of carbonyl (C=O) groups is 4. The van der Waals surface area contributed by atoms with Gasteiger partial charge in [0.2, 0.25) is 0 Å². The quantitative estimate of drug-likeness (QED) is 0.0169. The Labute approximate surface area is 651 Å². The molecule has 0 rings (SSSR count). The van der Waals surface area contributed by atoms with Gasteiger partial charge in [-0.1, -0.05) is 272 Å². The number of hydrogen-bond donors (Lipinski definition) is 3. The predicted octanol–water partition coefficient (Wildman–Crippen LogP) is 23.7. The highest BCUT2D eigenvalue weighted by Crippen LogP contribution is 2.45. The van der Waals surface area contributed by atoms with Gasteiger partial charge in [-0.05, 0) is 180 Å². The smallest absolute Gasteiger partial charge is 0.462 e. The van der Waals surface area contributed by atoms with Gasteiger partial charge in [0, 0.05) is 25.7 Å². The lowest BCUT2D eigenvalue weighted by atomic mass is 10.1. The maximum Gasteiger partial charge on any atom is 0.472 e. The van der Waals surface area contributed by atoms with E-state index in [0.717, 1.165) is 167 Å². The lowest BCUT2D eigenvalue weighted by molar-refractivity contribution is -0.161. The molecule has 108 heavy (non-hydrogen) atoms. The molecule has 0 aromatic carbocycles. The minimum atomic E-state index is -5.02. The minimum Gasteiger partial charge on any atom is -0.462 e. The Morgan fingerprint density at radius 1 is 0.259 bits per heavy atom. The first-order chi connectivity index (χ1) is 52.7. The maximum absolute atomic E-state index is 13.1. The standard InChI is InChI=1S/C89H138O17P2/c1-5-9-13-17-21-25-29-33-37-40-41-44-47-50-54-58-62-66-70-74-87(92)100-79-84(105-88(93)75-71-67-63-59-55-51-45-36-32-28-24-20-16-12-8-4)81-103-107(95,96)101-77-83(90)78-102-108(97,98)104-82-85(106-89(94)76-72-68-64-60-56-52-48-43-39-35-31-27-23-19-15-11-7-3)80-99-86(91)73-69-65-61-57-53-49-46-42-38-34-30-26-22-18-14-10-6-2/h9-16,21-28,33-39,41,44-46,48-50,52,54,57,60-61,64,83-85,90H,5-8,17-20,29-32,40,42-43,47,51,53,55-56,58-59,62-63,65-82H2,1-4H3,(H,95,96)(H,97,98)/b13-9-,14-10-,15-11-,16-12-,25-21-,26-22-,27-23-,28-24-,37-33-,38-34-,39-35-,44-41-,45-36-,49-46-,52-48-,54-50-,61-57-,64-60-. The van der Waals surface area contributed by atoms with E-state index in [-0.39, 0.29) is 25.7 Å². The Morgan fingerprint density at radius 2 is 0.463 bits per heavy atom. The van der Waals surface area contributed by atoms with Crippen molar-refractivity contribution < 1.29 is 80.2 Å². The first-order valence-corrected chi connectivity index (χ1v) is 43.0. The number of phosphoric ester groups is 2. The molecule has 5 unspecified atom stereocenters. The molecule has 0 fully saturated rings. The lowest BCUT2D eigenvalue weighted by Gasteiger charge is -2.21. The van der Waals surface area contributed by atoms with Gasteiger partial charge in [0.1, 0.15) is 19.3 Å². The third kappa shape index (κ3) is 77.5. The maximum atomic E-state index is 13.1. The zero-order chi connectivity index (χ0) is 78.9. The molecular formula is C89H138O17P2. The van der Waals surface area contributed by atoms with Crippen LogP contribution >= 0.6 is 15.6 Å². The fraction of sp³-hybridized carbons (Fsp3) is 0.551. The van der Waals surface area contributed by atoms with Crippen LogP contribution in [-0.2, 0) is 65.4 Å². The van der Waals surface area contributed by atoms with Crippen LogP contribution in [0.2, 0.25) is 0 Å². The van der Waals surface area contributed by atoms with Crippen molar-refractivity contribution in [2.24, 2.45) is 0 Å². The van der Waals surface area contributed by atoms with Crippen LogP contribution in [-0.4, -0.2) is 96.7 Å². The number of allylic oxidation sites excluding steroid dienone is 36. The zero-order valence-electron chi connectivity index (χ0n) is 66.2. The average Bonchev–Trinajstić information content (AvgIpc) is 0.901. The molecule has 0 aliphatic rings. The molecule has 3 N–H and O–H groups in total. The number of aliphatic hydroxyl groups is 1. The van der Waals surface area contributed by atoms with Gasteiger partial charge in [0.25, 0.3) is 0 Å². The first kappa shape index (κ1) is 101. The topological polar surface area (TPSA) is 237 Å². The van der Waals surface area contributed by atoms with Crippen LogP contribution in [0.5, 0.6) is 0 Å². The van der Waals surface area contributed by atoms with Gasteiger partial charge in [-0.25, -0.2) is 9.13 Å². The van der Waals surface area contributed by atoms with E-state index >= 15 is 0 Å². The molecule has 0 aliphatic carbocycles. The van der Waals surface area contributed by atoms with E-state index in [1.165, 1.54) is 0 Å². The summed E-state index contributed by atoms with van der Waals surface area (Å²) >= 11 is 0. The summed E-state index contributed by atoms with van der Waals surface area (Å²) in [6.07, 6.45) is 99.3. The Balaban J connectivity index is 5.55. The monoisotopic (exact) mass is 1540 g/mol. The molecule has 0 saturated heterocycles. The highest BCUT2D eigenvalue weighted by Gasteiger charge is 2.30. The Bertz CT molecular complexity index is 2910. The van der Waals surface area contributed by atoms with Crippen molar-refractivity contribution in [3.63, 3.8) is 0 Å². The van der Waals surface area contributed by atoms with Crippen LogP contribution in [0.25, 0.3) is 0 Å². The van der Waals surface area contributed by atoms with Gasteiger partial charge in [-0.3, -0.25) is 37.3 Å². The molecule has 0 aromatic heterocycles. The van der Waals surface area contributed by atoms with E-state index in [9.17, 15) is 43.2 Å². The Kier molecular flexibility index (Phi) is 73.7. The van der Waals surface area contributed by atoms with Gasteiger partial charge in [-0.2, -0.15) is 0 Å². The fourth-order valence-corrected chi connectivity index (χ4v) is 11.1. The van der Waals surface area contributed by atoms with Crippen LogP contribution in [0.1, 0.15) is 259 Å². The second-order valence-electron chi connectivity index (χ2n) is 25.5. The van der Waals surface area contributed by atoms with Crippen LogP contribution < -0.4 is 0 Å². The van der Waals surface area contributed by atoms with Crippen LogP contribution in [0.4, 0.5) is 0 Å². The molecule has 5 atom stereocenters. The predicted molar refractivity (Wildman–Crippen MR) is 445 cm³/mol. The molecule has 0 heterocycles. The second kappa shape index (κ2) is 78.5. The van der Waals surface area contributed by atoms with Crippen molar-refractivity contribution in [1.82, 2.24) is 0 Å². The van der Waals surface area contributed by atoms with E-state index in [2.05, 4.69) is 222 Å². The summed E-state index contributed by atoms with van der Waals surface area (Å²) < 4.78 is 68.5. The van der Waals surface area contributed by atoms with Crippen molar-refractivity contribution >= 4 is 39.5 Å².